The Labute approximate surface area is 196 Å². The van der Waals surface area contributed by atoms with E-state index in [0.717, 1.165) is 22.5 Å². The number of H-pyrrole nitrogens is 1. The lowest BCUT2D eigenvalue weighted by atomic mass is 9.72. The summed E-state index contributed by atoms with van der Waals surface area (Å²) in [6.45, 7) is 4.62. The van der Waals surface area contributed by atoms with Crippen molar-refractivity contribution in [3.63, 3.8) is 0 Å². The van der Waals surface area contributed by atoms with Crippen LogP contribution in [-0.4, -0.2) is 76.9 Å². The number of anilines is 1. The van der Waals surface area contributed by atoms with Crippen molar-refractivity contribution >= 4 is 16.7 Å². The number of piperidine rings is 1. The molecule has 10 heteroatoms. The first kappa shape index (κ1) is 22.6. The predicted octanol–water partition coefficient (Wildman–Crippen LogP) is 3.37. The van der Waals surface area contributed by atoms with E-state index in [-0.39, 0.29) is 12.6 Å². The molecule has 1 N–H and O–H groups in total. The molecule has 2 fully saturated rings. The minimum absolute atomic E-state index is 0.129. The highest BCUT2D eigenvalue weighted by Crippen LogP contribution is 2.41. The number of ether oxygens (including phenoxy) is 1. The quantitative estimate of drug-likeness (QED) is 0.615. The average Bonchev–Trinajstić information content (AvgIpc) is 3.38. The number of hydrogen-bond donors (Lipinski definition) is 1. The zero-order chi connectivity index (χ0) is 23.7. The van der Waals surface area contributed by atoms with Crippen LogP contribution in [0.1, 0.15) is 25.3 Å². The maximum atomic E-state index is 13.0. The van der Waals surface area contributed by atoms with Gasteiger partial charge < -0.3 is 9.64 Å². The molecule has 0 saturated carbocycles. The zero-order valence-electron chi connectivity index (χ0n) is 19.0. The summed E-state index contributed by atoms with van der Waals surface area (Å²) < 4.78 is 31.5. The third-order valence-electron chi connectivity index (χ3n) is 6.97. The predicted molar refractivity (Wildman–Crippen MR) is 124 cm³/mol. The summed E-state index contributed by atoms with van der Waals surface area (Å²) in [7, 11) is 0. The molecule has 3 aromatic rings. The number of aromatic nitrogens is 4. The molecule has 0 bridgehead atoms. The van der Waals surface area contributed by atoms with Crippen LogP contribution in [0.3, 0.4) is 0 Å². The summed E-state index contributed by atoms with van der Waals surface area (Å²) in [5.74, 6) is 0.775. The van der Waals surface area contributed by atoms with Gasteiger partial charge in [0, 0.05) is 37.4 Å². The van der Waals surface area contributed by atoms with Crippen LogP contribution in [0.25, 0.3) is 22.3 Å². The maximum absolute atomic E-state index is 13.0. The number of aromatic amines is 1. The van der Waals surface area contributed by atoms with Gasteiger partial charge in [-0.15, -0.1) is 0 Å². The summed E-state index contributed by atoms with van der Waals surface area (Å²) in [6.07, 6.45) is 1.97. The Morgan fingerprint density at radius 3 is 2.76 bits per heavy atom. The van der Waals surface area contributed by atoms with Crippen LogP contribution >= 0.6 is 0 Å². The summed E-state index contributed by atoms with van der Waals surface area (Å²) in [5, 5.41) is 18.3. The molecule has 3 aromatic heterocycles. The number of halogens is 2. The third-order valence-corrected chi connectivity index (χ3v) is 6.97. The van der Waals surface area contributed by atoms with Crippen molar-refractivity contribution in [3.8, 4) is 17.5 Å². The number of nitrogens with zero attached hydrogens (tertiary/aromatic N) is 6. The van der Waals surface area contributed by atoms with Gasteiger partial charge in [-0.25, -0.2) is 13.8 Å². The van der Waals surface area contributed by atoms with Crippen LogP contribution in [0.4, 0.5) is 14.6 Å². The molecule has 2 aliphatic heterocycles. The Morgan fingerprint density at radius 1 is 1.26 bits per heavy atom. The molecular formula is C24H27F2N7O. The lowest BCUT2D eigenvalue weighted by Crippen LogP contribution is -2.45. The molecule has 0 unspecified atom stereocenters. The van der Waals surface area contributed by atoms with E-state index in [9.17, 15) is 14.0 Å². The van der Waals surface area contributed by atoms with E-state index in [2.05, 4.69) is 33.1 Å². The molecule has 5 heterocycles. The standard InChI is InChI=1S/C24H27F2N7O/c1-16-14-34-11-10-33(16)21-12-18(24(15-27)4-8-32(9-5-24)13-20(25)26)17-2-6-28-23(22(17)30-21)19-3-7-29-31-19/h2-3,6-7,12,16,20H,4-5,8-11,13-14H2,1H3,(H,29,31)/t16-/m1/s1. The first-order valence-electron chi connectivity index (χ1n) is 11.6. The van der Waals surface area contributed by atoms with Gasteiger partial charge in [0.25, 0.3) is 6.43 Å². The normalized spacial score (nSPS) is 21.1. The first-order chi connectivity index (χ1) is 16.5. The minimum atomic E-state index is -2.38. The van der Waals surface area contributed by atoms with E-state index < -0.39 is 11.8 Å². The average molecular weight is 468 g/mol. The number of nitrogens with one attached hydrogen (secondary N) is 1. The highest BCUT2D eigenvalue weighted by atomic mass is 19.3. The minimum Gasteiger partial charge on any atom is -0.377 e. The van der Waals surface area contributed by atoms with E-state index in [4.69, 9.17) is 9.72 Å². The second kappa shape index (κ2) is 9.24. The smallest absolute Gasteiger partial charge is 0.251 e. The maximum Gasteiger partial charge on any atom is 0.251 e. The van der Waals surface area contributed by atoms with Crippen molar-refractivity contribution < 1.29 is 13.5 Å². The van der Waals surface area contributed by atoms with Gasteiger partial charge >= 0.3 is 0 Å². The molecule has 1 atom stereocenters. The van der Waals surface area contributed by atoms with Crippen molar-refractivity contribution in [2.75, 3.05) is 44.3 Å². The zero-order valence-corrected chi connectivity index (χ0v) is 19.0. The summed E-state index contributed by atoms with van der Waals surface area (Å²) in [6, 6.07) is 8.46. The van der Waals surface area contributed by atoms with Gasteiger partial charge in [0.2, 0.25) is 0 Å². The molecule has 0 aromatic carbocycles. The Balaban J connectivity index is 1.66. The van der Waals surface area contributed by atoms with E-state index in [1.54, 1.807) is 17.3 Å². The molecule has 2 aliphatic rings. The Bertz CT molecular complexity index is 1190. The molecule has 5 rings (SSSR count). The number of fused-ring (bicyclic) bond motifs is 1. The van der Waals surface area contributed by atoms with Gasteiger partial charge in [0.1, 0.15) is 17.0 Å². The fraction of sp³-hybridized carbons (Fsp3) is 0.500. The van der Waals surface area contributed by atoms with Crippen molar-refractivity contribution in [2.24, 2.45) is 0 Å². The molecule has 0 radical (unpaired) electrons. The molecule has 8 nitrogen and oxygen atoms in total. The van der Waals surface area contributed by atoms with Crippen LogP contribution in [0.5, 0.6) is 0 Å². The Hall–Kier alpha value is -3.16. The molecule has 2 saturated heterocycles. The van der Waals surface area contributed by atoms with Crippen LogP contribution in [0.2, 0.25) is 0 Å². The largest absolute Gasteiger partial charge is 0.377 e. The number of alkyl halides is 2. The van der Waals surface area contributed by atoms with Gasteiger partial charge in [-0.2, -0.15) is 10.4 Å². The highest BCUT2D eigenvalue weighted by molar-refractivity contribution is 5.94. The number of pyridine rings is 2. The third kappa shape index (κ3) is 4.10. The van der Waals surface area contributed by atoms with Gasteiger partial charge in [-0.1, -0.05) is 0 Å². The monoisotopic (exact) mass is 467 g/mol. The van der Waals surface area contributed by atoms with E-state index >= 15 is 0 Å². The molecule has 34 heavy (non-hydrogen) atoms. The van der Waals surface area contributed by atoms with Gasteiger partial charge in [-0.3, -0.25) is 15.0 Å². The highest BCUT2D eigenvalue weighted by Gasteiger charge is 2.39. The second-order valence-corrected chi connectivity index (χ2v) is 9.06. The van der Waals surface area contributed by atoms with Crippen LogP contribution < -0.4 is 4.90 Å². The molecule has 0 amide bonds. The first-order valence-corrected chi connectivity index (χ1v) is 11.6. The van der Waals surface area contributed by atoms with Crippen molar-refractivity contribution in [3.05, 3.63) is 36.2 Å². The lowest BCUT2D eigenvalue weighted by Gasteiger charge is -2.39. The molecule has 0 aliphatic carbocycles. The van der Waals surface area contributed by atoms with Gasteiger partial charge in [0.05, 0.1) is 43.0 Å². The van der Waals surface area contributed by atoms with Crippen LogP contribution in [0, 0.1) is 11.3 Å². The van der Waals surface area contributed by atoms with Crippen molar-refractivity contribution in [1.29, 1.82) is 5.26 Å². The molecule has 0 spiro atoms. The number of morpholine rings is 1. The number of nitriles is 1. The Morgan fingerprint density at radius 2 is 2.09 bits per heavy atom. The van der Waals surface area contributed by atoms with Gasteiger partial charge in [0.15, 0.2) is 0 Å². The fourth-order valence-corrected chi connectivity index (χ4v) is 5.09. The number of likely N-dealkylation sites (tertiary alicyclic amines) is 1. The molecule has 178 valence electrons. The van der Waals surface area contributed by atoms with Gasteiger partial charge in [-0.05, 0) is 43.5 Å². The fourth-order valence-electron chi connectivity index (χ4n) is 5.09. The molecular weight excluding hydrogens is 440 g/mol. The number of hydrogen-bond acceptors (Lipinski definition) is 7. The number of rotatable bonds is 5. The topological polar surface area (TPSA) is 94.0 Å². The second-order valence-electron chi connectivity index (χ2n) is 9.06. The van der Waals surface area contributed by atoms with Crippen LogP contribution in [-0.2, 0) is 10.2 Å². The summed E-state index contributed by atoms with van der Waals surface area (Å²) in [5.41, 5.74) is 2.20. The SMILES string of the molecule is C[C@@H]1COCCN1c1cc(C2(C#N)CCN(CC(F)F)CC2)c2ccnc(-c3ccn[nH]3)c2n1. The summed E-state index contributed by atoms with van der Waals surface area (Å²) in [4.78, 5) is 13.5. The van der Waals surface area contributed by atoms with Crippen LogP contribution in [0.15, 0.2) is 30.6 Å². The van der Waals surface area contributed by atoms with E-state index in [1.165, 1.54) is 0 Å². The summed E-state index contributed by atoms with van der Waals surface area (Å²) >= 11 is 0. The van der Waals surface area contributed by atoms with Crippen molar-refractivity contribution in [2.45, 2.75) is 37.6 Å². The van der Waals surface area contributed by atoms with E-state index in [0.29, 0.717) is 56.9 Å². The van der Waals surface area contributed by atoms with Crippen molar-refractivity contribution in [1.82, 2.24) is 25.1 Å². The lowest BCUT2D eigenvalue weighted by molar-refractivity contribution is 0.0696. The van der Waals surface area contributed by atoms with E-state index in [1.807, 2.05) is 18.2 Å². The Kier molecular flexibility index (Phi) is 6.15.